The first-order chi connectivity index (χ1) is 25.3. The smallest absolute Gasteiger partial charge is 0.338 e. The van der Waals surface area contributed by atoms with E-state index < -0.39 is 47.5 Å². The Kier molecular flexibility index (Phi) is 9.30. The molecular weight excluding hydrogens is 656 g/mol. The van der Waals surface area contributed by atoms with Gasteiger partial charge >= 0.3 is 23.9 Å². The summed E-state index contributed by atoms with van der Waals surface area (Å²) in [4.78, 5) is 52.0. The number of carbonyl (C=O) groups is 4. The molecule has 0 unspecified atom stereocenters. The molecule has 4 atom stereocenters. The van der Waals surface area contributed by atoms with E-state index in [2.05, 4.69) is 0 Å². The third kappa shape index (κ3) is 5.76. The molecule has 8 heteroatoms. The van der Waals surface area contributed by atoms with Gasteiger partial charge in [0.2, 0.25) is 0 Å². The molecule has 1 aliphatic rings. The second-order valence-electron chi connectivity index (χ2n) is 12.8. The molecule has 6 aromatic carbocycles. The van der Waals surface area contributed by atoms with Gasteiger partial charge in [-0.1, -0.05) is 109 Å². The highest BCUT2D eigenvalue weighted by atomic mass is 16.5. The van der Waals surface area contributed by atoms with Crippen molar-refractivity contribution in [2.45, 2.75) is 11.8 Å². The summed E-state index contributed by atoms with van der Waals surface area (Å²) < 4.78 is 20.6. The normalized spacial score (nSPS) is 17.9. The van der Waals surface area contributed by atoms with Gasteiger partial charge < -0.3 is 18.9 Å². The van der Waals surface area contributed by atoms with Gasteiger partial charge in [-0.3, -0.25) is 9.59 Å². The van der Waals surface area contributed by atoms with Crippen LogP contribution in [-0.2, 0) is 28.5 Å². The lowest BCUT2D eigenvalue weighted by atomic mass is 9.52. The Bertz CT molecular complexity index is 2160. The average Bonchev–Trinajstić information content (AvgIpc) is 3.19. The monoisotopic (exact) mass is 692 g/mol. The lowest BCUT2D eigenvalue weighted by Gasteiger charge is -2.49. The molecule has 1 aliphatic carbocycles. The van der Waals surface area contributed by atoms with Gasteiger partial charge in [0.25, 0.3) is 0 Å². The third-order valence-corrected chi connectivity index (χ3v) is 10.3. The molecule has 0 aromatic heterocycles. The van der Waals surface area contributed by atoms with Crippen LogP contribution < -0.4 is 0 Å². The largest absolute Gasteiger partial charge is 0.469 e. The molecule has 0 N–H and O–H groups in total. The van der Waals surface area contributed by atoms with E-state index in [0.29, 0.717) is 11.1 Å². The SMILES string of the molecule is COC(=O)c1cccc2cccc(-c3ccc([C@@H]4[C@@H](C(=O)OC)[C@H](C(=O)OC)[C@H]4c4ccc(-c5cccc6cccc(C(=O)OC)c56)cc4)cc3)c12. The van der Waals surface area contributed by atoms with Crippen LogP contribution in [0.2, 0.25) is 0 Å². The fourth-order valence-corrected chi connectivity index (χ4v) is 7.93. The topological polar surface area (TPSA) is 105 Å². The van der Waals surface area contributed by atoms with Crippen LogP contribution in [-0.4, -0.2) is 52.3 Å². The highest BCUT2D eigenvalue weighted by Gasteiger charge is 2.59. The van der Waals surface area contributed by atoms with E-state index in [1.807, 2.05) is 109 Å². The van der Waals surface area contributed by atoms with Crippen molar-refractivity contribution < 1.29 is 38.1 Å². The van der Waals surface area contributed by atoms with E-state index >= 15 is 0 Å². The Balaban J connectivity index is 1.29. The van der Waals surface area contributed by atoms with Gasteiger partial charge in [0.15, 0.2) is 0 Å². The standard InChI is InChI=1S/C44H36O8/c1-49-41(45)33-15-7-11-27-9-5-13-31(35(27)33)25-17-21-29(22-18-25)37-38(40(44(48)52-4)39(37)43(47)51-3)30-23-19-26(20-24-30)32-14-6-10-28-12-8-16-34(36(28)32)42(46)50-2/h5-24,37-40H,1-4H3/t37-,38-,39+,40+/m0/s1. The molecule has 0 saturated heterocycles. The lowest BCUT2D eigenvalue weighted by molar-refractivity contribution is -0.168. The number of rotatable bonds is 8. The van der Waals surface area contributed by atoms with Crippen LogP contribution in [0, 0.1) is 11.8 Å². The summed E-state index contributed by atoms with van der Waals surface area (Å²) in [6.07, 6.45) is 0. The van der Waals surface area contributed by atoms with Gasteiger partial charge in [0, 0.05) is 22.6 Å². The number of ether oxygens (including phenoxy) is 4. The minimum absolute atomic E-state index is 0.391. The molecule has 0 heterocycles. The number of benzene rings is 6. The van der Waals surface area contributed by atoms with Gasteiger partial charge in [-0.2, -0.15) is 0 Å². The van der Waals surface area contributed by atoms with Crippen molar-refractivity contribution in [1.29, 1.82) is 0 Å². The third-order valence-electron chi connectivity index (χ3n) is 10.3. The molecular formula is C44H36O8. The first-order valence-corrected chi connectivity index (χ1v) is 16.9. The quantitative estimate of drug-likeness (QED) is 0.116. The van der Waals surface area contributed by atoms with E-state index in [0.717, 1.165) is 54.9 Å². The fourth-order valence-electron chi connectivity index (χ4n) is 7.93. The van der Waals surface area contributed by atoms with Gasteiger partial charge in [0.1, 0.15) is 0 Å². The summed E-state index contributed by atoms with van der Waals surface area (Å²) in [6, 6.07) is 38.6. The Hall–Kier alpha value is -6.28. The minimum atomic E-state index is -0.767. The Morgan fingerprint density at radius 3 is 1.10 bits per heavy atom. The Morgan fingerprint density at radius 2 is 0.769 bits per heavy atom. The van der Waals surface area contributed by atoms with E-state index in [4.69, 9.17) is 18.9 Å². The molecule has 8 nitrogen and oxygen atoms in total. The molecule has 260 valence electrons. The number of hydrogen-bond acceptors (Lipinski definition) is 8. The van der Waals surface area contributed by atoms with Crippen molar-refractivity contribution in [3.63, 3.8) is 0 Å². The van der Waals surface area contributed by atoms with Gasteiger partial charge in [-0.25, -0.2) is 9.59 Å². The summed E-state index contributed by atoms with van der Waals surface area (Å²) >= 11 is 0. The van der Waals surface area contributed by atoms with Crippen LogP contribution >= 0.6 is 0 Å². The van der Waals surface area contributed by atoms with Gasteiger partial charge in [-0.15, -0.1) is 0 Å². The van der Waals surface area contributed by atoms with Crippen molar-refractivity contribution in [3.8, 4) is 22.3 Å². The molecule has 0 spiro atoms. The first-order valence-electron chi connectivity index (χ1n) is 16.9. The van der Waals surface area contributed by atoms with Crippen LogP contribution in [0.15, 0.2) is 121 Å². The average molecular weight is 693 g/mol. The molecule has 52 heavy (non-hydrogen) atoms. The summed E-state index contributed by atoms with van der Waals surface area (Å²) in [5, 5.41) is 3.39. The van der Waals surface area contributed by atoms with Crippen molar-refractivity contribution >= 4 is 45.4 Å². The predicted octanol–water partition coefficient (Wildman–Crippen LogP) is 8.36. The molecule has 6 aromatic rings. The molecule has 7 rings (SSSR count). The van der Waals surface area contributed by atoms with Crippen LogP contribution in [0.1, 0.15) is 43.7 Å². The van der Waals surface area contributed by atoms with Crippen molar-refractivity contribution in [3.05, 3.63) is 144 Å². The highest BCUT2D eigenvalue weighted by molar-refractivity contribution is 6.11. The zero-order valence-corrected chi connectivity index (χ0v) is 29.1. The number of fused-ring (bicyclic) bond motifs is 2. The van der Waals surface area contributed by atoms with Crippen LogP contribution in [0.4, 0.5) is 0 Å². The number of hydrogen-bond donors (Lipinski definition) is 0. The number of carbonyl (C=O) groups excluding carboxylic acids is 4. The predicted molar refractivity (Wildman–Crippen MR) is 198 cm³/mol. The lowest BCUT2D eigenvalue weighted by Crippen LogP contribution is -2.52. The molecule has 0 bridgehead atoms. The number of esters is 4. The maximum Gasteiger partial charge on any atom is 0.338 e. The second kappa shape index (κ2) is 14.2. The minimum Gasteiger partial charge on any atom is -0.469 e. The molecule has 1 saturated carbocycles. The zero-order chi connectivity index (χ0) is 36.5. The maximum absolute atomic E-state index is 13.3. The summed E-state index contributed by atoms with van der Waals surface area (Å²) in [5.74, 6) is -4.12. The summed E-state index contributed by atoms with van der Waals surface area (Å²) in [6.45, 7) is 0. The van der Waals surface area contributed by atoms with Crippen molar-refractivity contribution in [1.82, 2.24) is 0 Å². The summed E-state index contributed by atoms with van der Waals surface area (Å²) in [5.41, 5.74) is 6.16. The molecule has 0 amide bonds. The van der Waals surface area contributed by atoms with Crippen molar-refractivity contribution in [2.75, 3.05) is 28.4 Å². The van der Waals surface area contributed by atoms with E-state index in [1.165, 1.54) is 28.4 Å². The molecule has 0 radical (unpaired) electrons. The summed E-state index contributed by atoms with van der Waals surface area (Å²) in [7, 11) is 5.38. The van der Waals surface area contributed by atoms with E-state index in [-0.39, 0.29) is 0 Å². The molecule has 0 aliphatic heterocycles. The Morgan fingerprint density at radius 1 is 0.423 bits per heavy atom. The van der Waals surface area contributed by atoms with Crippen LogP contribution in [0.3, 0.4) is 0 Å². The second-order valence-corrected chi connectivity index (χ2v) is 12.8. The van der Waals surface area contributed by atoms with Crippen LogP contribution in [0.5, 0.6) is 0 Å². The fraction of sp³-hybridized carbons (Fsp3) is 0.182. The first kappa shape index (κ1) is 34.2. The Labute approximate surface area is 300 Å². The number of methoxy groups -OCH3 is 4. The van der Waals surface area contributed by atoms with E-state index in [9.17, 15) is 19.2 Å². The highest BCUT2D eigenvalue weighted by Crippen LogP contribution is 2.59. The van der Waals surface area contributed by atoms with E-state index in [1.54, 1.807) is 12.1 Å². The molecule has 1 fully saturated rings. The van der Waals surface area contributed by atoms with Crippen LogP contribution in [0.25, 0.3) is 43.8 Å². The van der Waals surface area contributed by atoms with Gasteiger partial charge in [0.05, 0.1) is 51.4 Å². The van der Waals surface area contributed by atoms with Gasteiger partial charge in [-0.05, 0) is 56.3 Å². The zero-order valence-electron chi connectivity index (χ0n) is 29.1. The maximum atomic E-state index is 13.3. The van der Waals surface area contributed by atoms with Crippen molar-refractivity contribution in [2.24, 2.45) is 11.8 Å².